The van der Waals surface area contributed by atoms with Gasteiger partial charge in [-0.1, -0.05) is 24.3 Å². The van der Waals surface area contributed by atoms with Crippen LogP contribution in [0.4, 0.5) is 0 Å². The van der Waals surface area contributed by atoms with Crippen molar-refractivity contribution in [2.75, 3.05) is 39.5 Å². The number of ether oxygens (including phenoxy) is 2. The second-order valence-corrected chi connectivity index (χ2v) is 10.1. The van der Waals surface area contributed by atoms with E-state index in [1.165, 1.54) is 23.9 Å². The average molecular weight is 512 g/mol. The van der Waals surface area contributed by atoms with E-state index in [-0.39, 0.29) is 4.90 Å². The number of amides is 1. The topological polar surface area (TPSA) is 110 Å². The second-order valence-electron chi connectivity index (χ2n) is 8.30. The summed E-state index contributed by atoms with van der Waals surface area (Å²) in [6.07, 6.45) is 6.23. The van der Waals surface area contributed by atoms with E-state index in [1.807, 2.05) is 24.3 Å². The van der Waals surface area contributed by atoms with Gasteiger partial charge in [-0.15, -0.1) is 0 Å². The molecule has 1 aliphatic rings. The van der Waals surface area contributed by atoms with E-state index >= 15 is 0 Å². The fourth-order valence-corrected chi connectivity index (χ4v) is 5.06. The fraction of sp³-hybridized carbons (Fsp3) is 0.269. The molecular weight excluding hydrogens is 482 g/mol. The van der Waals surface area contributed by atoms with E-state index in [0.29, 0.717) is 12.2 Å². The van der Waals surface area contributed by atoms with Crippen LogP contribution in [0.5, 0.6) is 5.75 Å². The van der Waals surface area contributed by atoms with Gasteiger partial charge in [0.05, 0.1) is 24.7 Å². The number of hydroxylamine groups is 1. The Morgan fingerprint density at radius 2 is 1.86 bits per heavy atom. The van der Waals surface area contributed by atoms with Crippen LogP contribution in [0.2, 0.25) is 0 Å². The highest BCUT2D eigenvalue weighted by molar-refractivity contribution is 7.90. The number of morpholine rings is 1. The van der Waals surface area contributed by atoms with Crippen molar-refractivity contribution < 1.29 is 27.9 Å². The van der Waals surface area contributed by atoms with Gasteiger partial charge in [0.1, 0.15) is 5.75 Å². The molecule has 9 nitrogen and oxygen atoms in total. The minimum absolute atomic E-state index is 0.140. The molecule has 4 rings (SSSR count). The number of carbonyl (C=O) groups excluding carboxylic acids is 1. The molecule has 2 N–H and O–H groups in total. The summed E-state index contributed by atoms with van der Waals surface area (Å²) >= 11 is 0. The number of nitrogens with one attached hydrogen (secondary N) is 1. The van der Waals surface area contributed by atoms with E-state index in [1.54, 1.807) is 30.3 Å². The summed E-state index contributed by atoms with van der Waals surface area (Å²) in [5.41, 5.74) is 3.79. The molecule has 36 heavy (non-hydrogen) atoms. The molecule has 0 radical (unpaired) electrons. The van der Waals surface area contributed by atoms with E-state index in [4.69, 9.17) is 14.7 Å². The average Bonchev–Trinajstić information content (AvgIpc) is 3.41. The molecule has 1 fully saturated rings. The van der Waals surface area contributed by atoms with Crippen molar-refractivity contribution >= 4 is 22.0 Å². The maximum Gasteiger partial charge on any atom is 0.267 e. The molecule has 0 atom stereocenters. The number of benzene rings is 2. The molecule has 0 spiro atoms. The minimum atomic E-state index is -3.80. The zero-order valence-electron chi connectivity index (χ0n) is 19.7. The summed E-state index contributed by atoms with van der Waals surface area (Å²) in [4.78, 5) is 13.6. The van der Waals surface area contributed by atoms with Crippen LogP contribution in [0, 0.1) is 0 Å². The Morgan fingerprint density at radius 3 is 2.61 bits per heavy atom. The summed E-state index contributed by atoms with van der Waals surface area (Å²) in [6.45, 7) is 5.11. The van der Waals surface area contributed by atoms with Crippen LogP contribution < -0.4 is 10.2 Å². The van der Waals surface area contributed by atoms with E-state index in [0.717, 1.165) is 66.2 Å². The highest BCUT2D eigenvalue weighted by Gasteiger charge is 2.17. The highest BCUT2D eigenvalue weighted by Crippen LogP contribution is 2.26. The number of rotatable bonds is 10. The van der Waals surface area contributed by atoms with Crippen LogP contribution >= 0.6 is 0 Å². The Balaban J connectivity index is 1.38. The lowest BCUT2D eigenvalue weighted by molar-refractivity contribution is -0.124. The van der Waals surface area contributed by atoms with Gasteiger partial charge < -0.3 is 9.47 Å². The molecule has 10 heteroatoms. The Hall–Kier alpha value is -3.44. The Morgan fingerprint density at radius 1 is 1.08 bits per heavy atom. The third-order valence-corrected chi connectivity index (χ3v) is 7.47. The maximum absolute atomic E-state index is 13.0. The molecule has 1 saturated heterocycles. The Labute approximate surface area is 210 Å². The quantitative estimate of drug-likeness (QED) is 0.186. The van der Waals surface area contributed by atoms with Gasteiger partial charge >= 0.3 is 0 Å². The molecule has 0 aliphatic carbocycles. The van der Waals surface area contributed by atoms with Crippen molar-refractivity contribution in [1.82, 2.24) is 14.4 Å². The molecule has 190 valence electrons. The van der Waals surface area contributed by atoms with Gasteiger partial charge in [-0.3, -0.25) is 14.9 Å². The lowest BCUT2D eigenvalue weighted by atomic mass is 10.1. The van der Waals surface area contributed by atoms with Crippen LogP contribution in [-0.4, -0.2) is 67.9 Å². The van der Waals surface area contributed by atoms with Gasteiger partial charge in [-0.05, 0) is 59.5 Å². The molecule has 0 bridgehead atoms. The fourth-order valence-electron chi connectivity index (χ4n) is 3.86. The molecule has 0 unspecified atom stereocenters. The molecule has 3 aromatic rings. The zero-order chi connectivity index (χ0) is 25.4. The Kier molecular flexibility index (Phi) is 8.55. The third-order valence-electron chi connectivity index (χ3n) is 5.82. The zero-order valence-corrected chi connectivity index (χ0v) is 20.6. The molecule has 1 aliphatic heterocycles. The molecule has 0 saturated carbocycles. The Bertz CT molecular complexity index is 1300. The minimum Gasteiger partial charge on any atom is -0.494 e. The van der Waals surface area contributed by atoms with Crippen LogP contribution in [0.3, 0.4) is 0 Å². The molecule has 1 aromatic heterocycles. The molecule has 1 amide bonds. The number of hydrogen-bond donors (Lipinski definition) is 2. The van der Waals surface area contributed by atoms with Crippen molar-refractivity contribution in [3.8, 4) is 16.9 Å². The summed E-state index contributed by atoms with van der Waals surface area (Å²) < 4.78 is 38.4. The van der Waals surface area contributed by atoms with Crippen molar-refractivity contribution in [3.63, 3.8) is 0 Å². The van der Waals surface area contributed by atoms with Gasteiger partial charge in [0, 0.05) is 38.1 Å². The van der Waals surface area contributed by atoms with Crippen LogP contribution in [0.15, 0.2) is 78.0 Å². The summed E-state index contributed by atoms with van der Waals surface area (Å²) in [7, 11) is -3.80. The van der Waals surface area contributed by atoms with Gasteiger partial charge in [0.2, 0.25) is 0 Å². The summed E-state index contributed by atoms with van der Waals surface area (Å²) in [5, 5.41) is 8.55. The van der Waals surface area contributed by atoms with Gasteiger partial charge in [-0.2, -0.15) is 0 Å². The lowest BCUT2D eigenvalue weighted by Crippen LogP contribution is -2.37. The molecular formula is C26H29N3O6S. The van der Waals surface area contributed by atoms with Gasteiger partial charge in [-0.25, -0.2) is 17.9 Å². The number of aromatic nitrogens is 1. The standard InChI is InChI=1S/C26H29N3O6S/c30-26(27-31)10-5-21-11-13-29(20-21)36(32,33)25-8-6-22(7-9-25)23-3-1-4-24(19-23)35-16-2-12-28-14-17-34-18-15-28/h1,3-11,13,19-20,31H,2,12,14-18H2,(H,27,30). The van der Waals surface area contributed by atoms with Crippen molar-refractivity contribution in [2.24, 2.45) is 0 Å². The number of hydrogen-bond acceptors (Lipinski definition) is 7. The first-order chi connectivity index (χ1) is 17.5. The van der Waals surface area contributed by atoms with Crippen molar-refractivity contribution in [2.45, 2.75) is 11.3 Å². The van der Waals surface area contributed by atoms with E-state index in [2.05, 4.69) is 4.90 Å². The summed E-state index contributed by atoms with van der Waals surface area (Å²) in [5.74, 6) is 0.0673. The van der Waals surface area contributed by atoms with Crippen LogP contribution in [-0.2, 0) is 19.6 Å². The monoisotopic (exact) mass is 511 g/mol. The third kappa shape index (κ3) is 6.61. The predicted octanol–water partition coefficient (Wildman–Crippen LogP) is 3.01. The number of nitrogens with zero attached hydrogens (tertiary/aromatic N) is 2. The first kappa shape index (κ1) is 25.6. The second kappa shape index (κ2) is 12.0. The largest absolute Gasteiger partial charge is 0.494 e. The van der Waals surface area contributed by atoms with Gasteiger partial charge in [0.15, 0.2) is 0 Å². The number of carbonyl (C=O) groups is 1. The summed E-state index contributed by atoms with van der Waals surface area (Å²) in [6, 6.07) is 16.0. The van der Waals surface area contributed by atoms with Crippen molar-refractivity contribution in [1.29, 1.82) is 0 Å². The molecule has 2 aromatic carbocycles. The SMILES string of the molecule is O=C(C=Cc1ccn(S(=O)(=O)c2ccc(-c3cccc(OCCCN4CCOCC4)c3)cc2)c1)NO. The van der Waals surface area contributed by atoms with Crippen LogP contribution in [0.25, 0.3) is 17.2 Å². The van der Waals surface area contributed by atoms with E-state index in [9.17, 15) is 13.2 Å². The van der Waals surface area contributed by atoms with Crippen LogP contribution in [0.1, 0.15) is 12.0 Å². The van der Waals surface area contributed by atoms with Crippen molar-refractivity contribution in [3.05, 3.63) is 78.6 Å². The predicted molar refractivity (Wildman–Crippen MR) is 135 cm³/mol. The first-order valence-electron chi connectivity index (χ1n) is 11.6. The first-order valence-corrected chi connectivity index (χ1v) is 13.1. The normalized spacial score (nSPS) is 14.7. The highest BCUT2D eigenvalue weighted by atomic mass is 32.2. The van der Waals surface area contributed by atoms with Gasteiger partial charge in [0.25, 0.3) is 15.9 Å². The maximum atomic E-state index is 13.0. The molecule has 2 heterocycles. The lowest BCUT2D eigenvalue weighted by Gasteiger charge is -2.26. The smallest absolute Gasteiger partial charge is 0.267 e. The van der Waals surface area contributed by atoms with E-state index < -0.39 is 15.9 Å².